The Labute approximate surface area is 166 Å². The first-order chi connectivity index (χ1) is 13.1. The summed E-state index contributed by atoms with van der Waals surface area (Å²) in [4.78, 5) is 34.3. The number of fused-ring (bicyclic) bond motifs is 2. The Kier molecular flexibility index (Phi) is 5.01. The molecule has 2 amide bonds. The molecule has 1 aromatic heterocycles. The van der Waals surface area contributed by atoms with Crippen molar-refractivity contribution in [3.63, 3.8) is 0 Å². The van der Waals surface area contributed by atoms with E-state index in [2.05, 4.69) is 36.5 Å². The van der Waals surface area contributed by atoms with Gasteiger partial charge in [-0.25, -0.2) is 4.98 Å². The minimum Gasteiger partial charge on any atom is -0.348 e. The molecular formula is C19H22BrN5O2. The van der Waals surface area contributed by atoms with E-state index in [1.54, 1.807) is 24.5 Å². The SMILES string of the molecule is O=C(NCC(=O)N1CCC2(CC1)NCCc1[nH]cnc12)c1cccc(Br)c1. The molecule has 0 aliphatic carbocycles. The number of likely N-dealkylation sites (tertiary alicyclic amines) is 1. The number of H-pyrrole nitrogens is 1. The Morgan fingerprint density at radius 3 is 2.89 bits per heavy atom. The fourth-order valence-corrected chi connectivity index (χ4v) is 4.38. The number of imidazole rings is 1. The van der Waals surface area contributed by atoms with Gasteiger partial charge in [-0.05, 0) is 31.0 Å². The molecule has 0 bridgehead atoms. The molecule has 8 heteroatoms. The number of amides is 2. The molecule has 2 aromatic rings. The lowest BCUT2D eigenvalue weighted by atomic mass is 9.80. The number of carbonyl (C=O) groups excluding carboxylic acids is 2. The van der Waals surface area contributed by atoms with Crippen LogP contribution in [0.1, 0.15) is 34.6 Å². The van der Waals surface area contributed by atoms with Crippen molar-refractivity contribution in [1.29, 1.82) is 0 Å². The number of nitrogens with one attached hydrogen (secondary N) is 3. The first-order valence-corrected chi connectivity index (χ1v) is 9.96. The third-order valence-electron chi connectivity index (χ3n) is 5.47. The smallest absolute Gasteiger partial charge is 0.251 e. The second-order valence-corrected chi connectivity index (χ2v) is 7.98. The highest BCUT2D eigenvalue weighted by atomic mass is 79.9. The number of carbonyl (C=O) groups is 2. The molecule has 2 aliphatic rings. The van der Waals surface area contributed by atoms with E-state index in [1.165, 1.54) is 5.69 Å². The molecular weight excluding hydrogens is 410 g/mol. The third-order valence-corrected chi connectivity index (χ3v) is 5.96. The van der Waals surface area contributed by atoms with E-state index in [-0.39, 0.29) is 23.9 Å². The molecule has 7 nitrogen and oxygen atoms in total. The van der Waals surface area contributed by atoms with Gasteiger partial charge in [-0.3, -0.25) is 9.59 Å². The topological polar surface area (TPSA) is 90.1 Å². The van der Waals surface area contributed by atoms with Crippen molar-refractivity contribution < 1.29 is 9.59 Å². The summed E-state index contributed by atoms with van der Waals surface area (Å²) in [6.45, 7) is 2.25. The molecule has 3 N–H and O–H groups in total. The molecule has 27 heavy (non-hydrogen) atoms. The van der Waals surface area contributed by atoms with E-state index in [1.807, 2.05) is 11.0 Å². The number of nitrogens with zero attached hydrogens (tertiary/aromatic N) is 2. The number of aromatic amines is 1. The van der Waals surface area contributed by atoms with Gasteiger partial charge in [0.1, 0.15) is 0 Å². The highest BCUT2D eigenvalue weighted by Gasteiger charge is 2.41. The van der Waals surface area contributed by atoms with E-state index >= 15 is 0 Å². The summed E-state index contributed by atoms with van der Waals surface area (Å²) in [7, 11) is 0. The van der Waals surface area contributed by atoms with Gasteiger partial charge < -0.3 is 20.5 Å². The van der Waals surface area contributed by atoms with Crippen LogP contribution in [-0.4, -0.2) is 52.9 Å². The van der Waals surface area contributed by atoms with Crippen LogP contribution in [0.5, 0.6) is 0 Å². The molecule has 1 fully saturated rings. The number of aromatic nitrogens is 2. The average molecular weight is 432 g/mol. The molecule has 1 saturated heterocycles. The van der Waals surface area contributed by atoms with Crippen molar-refractivity contribution in [2.45, 2.75) is 24.8 Å². The van der Waals surface area contributed by atoms with E-state index < -0.39 is 0 Å². The zero-order valence-corrected chi connectivity index (χ0v) is 16.5. The van der Waals surface area contributed by atoms with Crippen molar-refractivity contribution in [1.82, 2.24) is 25.5 Å². The zero-order valence-electron chi connectivity index (χ0n) is 14.9. The van der Waals surface area contributed by atoms with E-state index in [4.69, 9.17) is 0 Å². The number of benzene rings is 1. The Balaban J connectivity index is 1.33. The van der Waals surface area contributed by atoms with Crippen molar-refractivity contribution in [2.75, 3.05) is 26.2 Å². The van der Waals surface area contributed by atoms with Gasteiger partial charge in [0.2, 0.25) is 5.91 Å². The number of hydrogen-bond donors (Lipinski definition) is 3. The predicted octanol–water partition coefficient (Wildman–Crippen LogP) is 1.57. The van der Waals surface area contributed by atoms with Crippen LogP contribution in [0, 0.1) is 0 Å². The molecule has 1 spiro atoms. The number of piperidine rings is 1. The van der Waals surface area contributed by atoms with Gasteiger partial charge in [0, 0.05) is 41.8 Å². The maximum atomic E-state index is 12.5. The number of halogens is 1. The second kappa shape index (κ2) is 7.44. The van der Waals surface area contributed by atoms with Gasteiger partial charge in [0.25, 0.3) is 5.91 Å². The van der Waals surface area contributed by atoms with E-state index in [0.717, 1.165) is 36.0 Å². The lowest BCUT2D eigenvalue weighted by Crippen LogP contribution is -2.56. The lowest BCUT2D eigenvalue weighted by Gasteiger charge is -2.44. The quantitative estimate of drug-likeness (QED) is 0.687. The molecule has 0 saturated carbocycles. The summed E-state index contributed by atoms with van der Waals surface area (Å²) in [6, 6.07) is 7.12. The largest absolute Gasteiger partial charge is 0.348 e. The molecule has 0 unspecified atom stereocenters. The van der Waals surface area contributed by atoms with Crippen LogP contribution in [-0.2, 0) is 16.8 Å². The standard InChI is InChI=1S/C19H22BrN5O2/c20-14-3-1-2-13(10-14)18(27)21-11-16(26)25-8-5-19(6-9-25)17-15(4-7-24-19)22-12-23-17/h1-3,10,12,24H,4-9,11H2,(H,21,27)(H,22,23). The number of hydrogen-bond acceptors (Lipinski definition) is 4. The molecule has 142 valence electrons. The van der Waals surface area contributed by atoms with Crippen LogP contribution < -0.4 is 10.6 Å². The summed E-state index contributed by atoms with van der Waals surface area (Å²) in [6.07, 6.45) is 4.38. The highest BCUT2D eigenvalue weighted by molar-refractivity contribution is 9.10. The summed E-state index contributed by atoms with van der Waals surface area (Å²) >= 11 is 3.35. The van der Waals surface area contributed by atoms with Crippen molar-refractivity contribution in [3.05, 3.63) is 52.0 Å². The van der Waals surface area contributed by atoms with Crippen LogP contribution in [0.25, 0.3) is 0 Å². The van der Waals surface area contributed by atoms with E-state index in [0.29, 0.717) is 18.7 Å². The Morgan fingerprint density at radius 2 is 2.11 bits per heavy atom. The van der Waals surface area contributed by atoms with Crippen LogP contribution in [0.3, 0.4) is 0 Å². The molecule has 0 radical (unpaired) electrons. The maximum Gasteiger partial charge on any atom is 0.251 e. The van der Waals surface area contributed by atoms with Gasteiger partial charge in [-0.1, -0.05) is 22.0 Å². The molecule has 3 heterocycles. The van der Waals surface area contributed by atoms with Crippen LogP contribution in [0.4, 0.5) is 0 Å². The first kappa shape index (κ1) is 18.2. The fraction of sp³-hybridized carbons (Fsp3) is 0.421. The first-order valence-electron chi connectivity index (χ1n) is 9.17. The molecule has 1 aromatic carbocycles. The van der Waals surface area contributed by atoms with Crippen molar-refractivity contribution in [2.24, 2.45) is 0 Å². The fourth-order valence-electron chi connectivity index (χ4n) is 3.99. The van der Waals surface area contributed by atoms with E-state index in [9.17, 15) is 9.59 Å². The van der Waals surface area contributed by atoms with Gasteiger partial charge in [0.15, 0.2) is 0 Å². The normalized spacial score (nSPS) is 18.2. The Bertz CT molecular complexity index is 857. The Hall–Kier alpha value is -2.19. The minimum absolute atomic E-state index is 0.0133. The summed E-state index contributed by atoms with van der Waals surface area (Å²) in [5.74, 6) is -0.292. The van der Waals surface area contributed by atoms with Gasteiger partial charge >= 0.3 is 0 Å². The van der Waals surface area contributed by atoms with Gasteiger partial charge in [-0.15, -0.1) is 0 Å². The van der Waals surface area contributed by atoms with Crippen LogP contribution >= 0.6 is 15.9 Å². The molecule has 4 rings (SSSR count). The van der Waals surface area contributed by atoms with Crippen molar-refractivity contribution in [3.8, 4) is 0 Å². The summed E-state index contributed by atoms with van der Waals surface area (Å²) < 4.78 is 0.834. The summed E-state index contributed by atoms with van der Waals surface area (Å²) in [5.41, 5.74) is 2.70. The minimum atomic E-state index is -0.242. The monoisotopic (exact) mass is 431 g/mol. The molecule has 0 atom stereocenters. The van der Waals surface area contributed by atoms with Gasteiger partial charge in [-0.2, -0.15) is 0 Å². The van der Waals surface area contributed by atoms with Crippen LogP contribution in [0.15, 0.2) is 35.1 Å². The maximum absolute atomic E-state index is 12.5. The average Bonchev–Trinajstić information content (AvgIpc) is 3.17. The second-order valence-electron chi connectivity index (χ2n) is 7.06. The van der Waals surface area contributed by atoms with Crippen molar-refractivity contribution >= 4 is 27.7 Å². The zero-order chi connectivity index (χ0) is 18.9. The summed E-state index contributed by atoms with van der Waals surface area (Å²) in [5, 5.41) is 6.34. The Morgan fingerprint density at radius 1 is 1.30 bits per heavy atom. The predicted molar refractivity (Wildman–Crippen MR) is 104 cm³/mol. The molecule has 2 aliphatic heterocycles. The number of rotatable bonds is 3. The lowest BCUT2D eigenvalue weighted by molar-refractivity contribution is -0.132. The third kappa shape index (κ3) is 3.64. The highest BCUT2D eigenvalue weighted by Crippen LogP contribution is 2.35. The van der Waals surface area contributed by atoms with Gasteiger partial charge in [0.05, 0.1) is 24.1 Å². The van der Waals surface area contributed by atoms with Crippen LogP contribution in [0.2, 0.25) is 0 Å².